The first kappa shape index (κ1) is 12.0. The molecule has 1 N–H and O–H groups in total. The zero-order valence-electron chi connectivity index (χ0n) is 11.7. The summed E-state index contributed by atoms with van der Waals surface area (Å²) in [6.45, 7) is 11.3. The van der Waals surface area contributed by atoms with E-state index in [1.54, 1.807) is 0 Å². The van der Waals surface area contributed by atoms with Crippen molar-refractivity contribution in [3.05, 3.63) is 0 Å². The standard InChI is InChI=1S/C15H28N2/c1-11-14-9-16-8-12(14)10-17(11)13-5-4-6-15(2,3)7-13/h11-14,16H,4-10H2,1-3H3. The topological polar surface area (TPSA) is 15.3 Å². The summed E-state index contributed by atoms with van der Waals surface area (Å²) in [5.41, 5.74) is 0.582. The summed E-state index contributed by atoms with van der Waals surface area (Å²) in [7, 11) is 0. The number of nitrogens with zero attached hydrogens (tertiary/aromatic N) is 1. The fourth-order valence-corrected chi connectivity index (χ4v) is 4.62. The van der Waals surface area contributed by atoms with Crippen LogP contribution in [0, 0.1) is 17.3 Å². The van der Waals surface area contributed by atoms with Crippen molar-refractivity contribution in [1.29, 1.82) is 0 Å². The number of fused-ring (bicyclic) bond motifs is 1. The van der Waals surface area contributed by atoms with Crippen molar-refractivity contribution >= 4 is 0 Å². The fraction of sp³-hybridized carbons (Fsp3) is 1.00. The number of rotatable bonds is 1. The van der Waals surface area contributed by atoms with E-state index in [0.29, 0.717) is 5.41 Å². The maximum Gasteiger partial charge on any atom is 0.0114 e. The lowest BCUT2D eigenvalue weighted by Crippen LogP contribution is -2.45. The average Bonchev–Trinajstić information content (AvgIpc) is 2.80. The Labute approximate surface area is 106 Å². The van der Waals surface area contributed by atoms with Crippen LogP contribution in [0.2, 0.25) is 0 Å². The summed E-state index contributed by atoms with van der Waals surface area (Å²) < 4.78 is 0. The van der Waals surface area contributed by atoms with E-state index in [1.165, 1.54) is 45.3 Å². The number of hydrogen-bond donors (Lipinski definition) is 1. The van der Waals surface area contributed by atoms with E-state index in [4.69, 9.17) is 0 Å². The zero-order chi connectivity index (χ0) is 12.0. The van der Waals surface area contributed by atoms with Gasteiger partial charge < -0.3 is 5.32 Å². The molecule has 1 aliphatic carbocycles. The molecule has 4 atom stereocenters. The van der Waals surface area contributed by atoms with Crippen LogP contribution in [0.4, 0.5) is 0 Å². The second-order valence-electron chi connectivity index (χ2n) is 7.43. The lowest BCUT2D eigenvalue weighted by atomic mass is 9.74. The molecule has 0 spiro atoms. The summed E-state index contributed by atoms with van der Waals surface area (Å²) in [4.78, 5) is 2.86. The molecule has 2 aliphatic heterocycles. The van der Waals surface area contributed by atoms with Gasteiger partial charge in [0, 0.05) is 18.6 Å². The lowest BCUT2D eigenvalue weighted by molar-refractivity contribution is 0.0812. The monoisotopic (exact) mass is 236 g/mol. The summed E-state index contributed by atoms with van der Waals surface area (Å²) in [5.74, 6) is 1.87. The number of nitrogens with one attached hydrogen (secondary N) is 1. The van der Waals surface area contributed by atoms with Gasteiger partial charge in [0.1, 0.15) is 0 Å². The first-order valence-corrected chi connectivity index (χ1v) is 7.53. The first-order chi connectivity index (χ1) is 8.07. The van der Waals surface area contributed by atoms with E-state index >= 15 is 0 Å². The SMILES string of the molecule is CC1C2CNCC2CN1C1CCCC(C)(C)C1. The molecule has 0 amide bonds. The van der Waals surface area contributed by atoms with E-state index in [9.17, 15) is 0 Å². The van der Waals surface area contributed by atoms with Gasteiger partial charge >= 0.3 is 0 Å². The summed E-state index contributed by atoms with van der Waals surface area (Å²) in [6.07, 6.45) is 5.74. The third-order valence-corrected chi connectivity index (χ3v) is 5.63. The molecular formula is C15H28N2. The van der Waals surface area contributed by atoms with Crippen LogP contribution in [0.5, 0.6) is 0 Å². The molecule has 0 aromatic heterocycles. The van der Waals surface area contributed by atoms with Crippen LogP contribution >= 0.6 is 0 Å². The van der Waals surface area contributed by atoms with E-state index in [1.807, 2.05) is 0 Å². The molecule has 2 heterocycles. The third kappa shape index (κ3) is 2.15. The maximum atomic E-state index is 3.57. The van der Waals surface area contributed by atoms with E-state index < -0.39 is 0 Å². The molecule has 2 heteroatoms. The molecule has 3 fully saturated rings. The molecule has 0 bridgehead atoms. The smallest absolute Gasteiger partial charge is 0.0114 e. The second-order valence-corrected chi connectivity index (χ2v) is 7.43. The third-order valence-electron chi connectivity index (χ3n) is 5.63. The Hall–Kier alpha value is -0.0800. The highest BCUT2D eigenvalue weighted by atomic mass is 15.2. The van der Waals surface area contributed by atoms with Crippen molar-refractivity contribution in [3.63, 3.8) is 0 Å². The van der Waals surface area contributed by atoms with Crippen LogP contribution in [0.25, 0.3) is 0 Å². The predicted molar refractivity (Wildman–Crippen MR) is 72.1 cm³/mol. The van der Waals surface area contributed by atoms with Gasteiger partial charge in [0.15, 0.2) is 0 Å². The highest BCUT2D eigenvalue weighted by molar-refractivity contribution is 5.00. The Morgan fingerprint density at radius 2 is 2.06 bits per heavy atom. The Kier molecular flexibility index (Phi) is 2.99. The highest BCUT2D eigenvalue weighted by Gasteiger charge is 2.45. The van der Waals surface area contributed by atoms with Gasteiger partial charge in [-0.25, -0.2) is 0 Å². The van der Waals surface area contributed by atoms with Gasteiger partial charge in [-0.05, 0) is 56.5 Å². The fourth-order valence-electron chi connectivity index (χ4n) is 4.62. The largest absolute Gasteiger partial charge is 0.316 e. The van der Waals surface area contributed by atoms with Crippen LogP contribution in [0.15, 0.2) is 0 Å². The number of hydrogen-bond acceptors (Lipinski definition) is 2. The molecule has 1 saturated carbocycles. The van der Waals surface area contributed by atoms with Gasteiger partial charge in [-0.15, -0.1) is 0 Å². The van der Waals surface area contributed by atoms with Crippen LogP contribution in [0.3, 0.4) is 0 Å². The van der Waals surface area contributed by atoms with Crippen molar-refractivity contribution in [1.82, 2.24) is 10.2 Å². The molecule has 3 rings (SSSR count). The van der Waals surface area contributed by atoms with Crippen molar-refractivity contribution in [2.75, 3.05) is 19.6 Å². The lowest BCUT2D eigenvalue weighted by Gasteiger charge is -2.42. The number of likely N-dealkylation sites (tertiary alicyclic amines) is 1. The minimum absolute atomic E-state index is 0.582. The van der Waals surface area contributed by atoms with Gasteiger partial charge in [0.25, 0.3) is 0 Å². The van der Waals surface area contributed by atoms with Gasteiger partial charge in [-0.3, -0.25) is 4.90 Å². The Balaban J connectivity index is 1.69. The van der Waals surface area contributed by atoms with Crippen molar-refractivity contribution in [2.24, 2.45) is 17.3 Å². The quantitative estimate of drug-likeness (QED) is 0.752. The maximum absolute atomic E-state index is 3.57. The Morgan fingerprint density at radius 3 is 2.76 bits per heavy atom. The normalized spacial score (nSPS) is 46.1. The second kappa shape index (κ2) is 4.24. The minimum atomic E-state index is 0.582. The van der Waals surface area contributed by atoms with E-state index in [-0.39, 0.29) is 0 Å². The molecule has 4 unspecified atom stereocenters. The molecule has 2 nitrogen and oxygen atoms in total. The van der Waals surface area contributed by atoms with Crippen molar-refractivity contribution in [3.8, 4) is 0 Å². The molecule has 98 valence electrons. The molecule has 0 aromatic carbocycles. The molecule has 17 heavy (non-hydrogen) atoms. The van der Waals surface area contributed by atoms with Crippen LogP contribution in [-0.4, -0.2) is 36.6 Å². The predicted octanol–water partition coefficient (Wildman–Crippen LogP) is 2.49. The Morgan fingerprint density at radius 1 is 1.24 bits per heavy atom. The molecule has 0 aromatic rings. The van der Waals surface area contributed by atoms with Crippen LogP contribution in [-0.2, 0) is 0 Å². The van der Waals surface area contributed by atoms with Crippen LogP contribution < -0.4 is 5.32 Å². The first-order valence-electron chi connectivity index (χ1n) is 7.53. The summed E-state index contributed by atoms with van der Waals surface area (Å²) >= 11 is 0. The van der Waals surface area contributed by atoms with Gasteiger partial charge in [0.05, 0.1) is 0 Å². The van der Waals surface area contributed by atoms with Crippen LogP contribution in [0.1, 0.15) is 46.5 Å². The molecular weight excluding hydrogens is 208 g/mol. The van der Waals surface area contributed by atoms with Crippen molar-refractivity contribution < 1.29 is 0 Å². The molecule has 0 radical (unpaired) electrons. The average molecular weight is 236 g/mol. The molecule has 2 saturated heterocycles. The van der Waals surface area contributed by atoms with Gasteiger partial charge in [-0.1, -0.05) is 20.3 Å². The van der Waals surface area contributed by atoms with Gasteiger partial charge in [0.2, 0.25) is 0 Å². The zero-order valence-corrected chi connectivity index (χ0v) is 11.7. The summed E-state index contributed by atoms with van der Waals surface area (Å²) in [5, 5.41) is 3.57. The van der Waals surface area contributed by atoms with E-state index in [2.05, 4.69) is 31.0 Å². The molecule has 3 aliphatic rings. The Bertz CT molecular complexity index is 287. The minimum Gasteiger partial charge on any atom is -0.316 e. The highest BCUT2D eigenvalue weighted by Crippen LogP contribution is 2.42. The van der Waals surface area contributed by atoms with E-state index in [0.717, 1.165) is 23.9 Å². The van der Waals surface area contributed by atoms with Crippen molar-refractivity contribution in [2.45, 2.75) is 58.5 Å². The summed E-state index contributed by atoms with van der Waals surface area (Å²) in [6, 6.07) is 1.69. The van der Waals surface area contributed by atoms with Gasteiger partial charge in [-0.2, -0.15) is 0 Å².